The van der Waals surface area contributed by atoms with Gasteiger partial charge in [-0.3, -0.25) is 14.4 Å². The van der Waals surface area contributed by atoms with Crippen molar-refractivity contribution in [1.29, 1.82) is 0 Å². The number of esters is 1. The molecule has 1 atom stereocenters. The molecule has 0 aromatic carbocycles. The van der Waals surface area contributed by atoms with Crippen LogP contribution in [0.25, 0.3) is 0 Å². The molecule has 0 radical (unpaired) electrons. The number of nitrogens with one attached hydrogen (secondary N) is 1. The summed E-state index contributed by atoms with van der Waals surface area (Å²) in [7, 11) is -3.90. The summed E-state index contributed by atoms with van der Waals surface area (Å²) in [6.45, 7) is 6.41. The highest BCUT2D eigenvalue weighted by molar-refractivity contribution is 7.92. The topological polar surface area (TPSA) is 107 Å². The van der Waals surface area contributed by atoms with Gasteiger partial charge in [0.05, 0.1) is 12.6 Å². The number of amides is 1. The summed E-state index contributed by atoms with van der Waals surface area (Å²) in [5.41, 5.74) is 0. The molecule has 0 aliphatic rings. The zero-order valence-electron chi connectivity index (χ0n) is 12.1. The Bertz CT molecular complexity index is 468. The first-order valence-corrected chi connectivity index (χ1v) is 8.07. The van der Waals surface area contributed by atoms with Gasteiger partial charge < -0.3 is 10.1 Å². The lowest BCUT2D eigenvalue weighted by Crippen LogP contribution is -2.46. The third-order valence-electron chi connectivity index (χ3n) is 2.42. The second kappa shape index (κ2) is 7.98. The second-order valence-electron chi connectivity index (χ2n) is 4.74. The van der Waals surface area contributed by atoms with Crippen molar-refractivity contribution in [3.8, 4) is 0 Å². The monoisotopic (exact) mass is 307 g/mol. The Morgan fingerprint density at radius 2 is 1.70 bits per heavy atom. The van der Waals surface area contributed by atoms with Crippen molar-refractivity contribution < 1.29 is 27.5 Å². The maximum atomic E-state index is 11.6. The zero-order valence-corrected chi connectivity index (χ0v) is 13.0. The van der Waals surface area contributed by atoms with Gasteiger partial charge in [-0.2, -0.15) is 0 Å². The van der Waals surface area contributed by atoms with Crippen molar-refractivity contribution in [2.24, 2.45) is 5.92 Å². The van der Waals surface area contributed by atoms with Gasteiger partial charge in [0.25, 0.3) is 0 Å². The van der Waals surface area contributed by atoms with Gasteiger partial charge in [-0.25, -0.2) is 8.42 Å². The first-order chi connectivity index (χ1) is 9.09. The van der Waals surface area contributed by atoms with Gasteiger partial charge in [-0.05, 0) is 19.8 Å². The van der Waals surface area contributed by atoms with Crippen LogP contribution in [0, 0.1) is 5.92 Å². The SMILES string of the molecule is CCOC(=O)CS(=O)(=O)CC(=O)NC(C(C)=O)C(C)C. The van der Waals surface area contributed by atoms with E-state index in [0.717, 1.165) is 0 Å². The molecule has 0 heterocycles. The van der Waals surface area contributed by atoms with Crippen LogP contribution in [0.2, 0.25) is 0 Å². The van der Waals surface area contributed by atoms with E-state index in [9.17, 15) is 22.8 Å². The fourth-order valence-electron chi connectivity index (χ4n) is 1.59. The van der Waals surface area contributed by atoms with Gasteiger partial charge >= 0.3 is 5.97 Å². The van der Waals surface area contributed by atoms with Crippen molar-refractivity contribution >= 4 is 27.5 Å². The Balaban J connectivity index is 4.59. The van der Waals surface area contributed by atoms with E-state index in [1.807, 2.05) is 0 Å². The molecule has 0 aliphatic carbocycles. The van der Waals surface area contributed by atoms with Crippen LogP contribution in [-0.4, -0.2) is 50.2 Å². The first-order valence-electron chi connectivity index (χ1n) is 6.25. The molecule has 0 rings (SSSR count). The summed E-state index contributed by atoms with van der Waals surface area (Å²) < 4.78 is 27.7. The maximum absolute atomic E-state index is 11.6. The molecule has 116 valence electrons. The molecule has 0 fully saturated rings. The number of carbonyl (C=O) groups excluding carboxylic acids is 3. The molecular formula is C12H21NO6S. The Kier molecular flexibility index (Phi) is 7.41. The van der Waals surface area contributed by atoms with Crippen molar-refractivity contribution in [3.05, 3.63) is 0 Å². The summed E-state index contributed by atoms with van der Waals surface area (Å²) in [5, 5.41) is 2.36. The summed E-state index contributed by atoms with van der Waals surface area (Å²) in [6, 6.07) is -0.736. The van der Waals surface area contributed by atoms with E-state index < -0.39 is 39.3 Å². The van der Waals surface area contributed by atoms with Crippen LogP contribution >= 0.6 is 0 Å². The van der Waals surface area contributed by atoms with Crippen LogP contribution in [-0.2, 0) is 29.0 Å². The Hall–Kier alpha value is -1.44. The minimum absolute atomic E-state index is 0.0698. The summed E-state index contributed by atoms with van der Waals surface area (Å²) >= 11 is 0. The number of sulfone groups is 1. The molecule has 0 aliphatic heterocycles. The standard InChI is InChI=1S/C12H21NO6S/c1-5-19-11(16)7-20(17,18)6-10(15)13-12(8(2)3)9(4)14/h8,12H,5-7H2,1-4H3,(H,13,15). The van der Waals surface area contributed by atoms with Crippen molar-refractivity contribution in [2.75, 3.05) is 18.1 Å². The number of ketones is 1. The normalized spacial score (nSPS) is 12.8. The summed E-state index contributed by atoms with van der Waals surface area (Å²) in [5.74, 6) is -3.79. The van der Waals surface area contributed by atoms with E-state index in [0.29, 0.717) is 0 Å². The molecular weight excluding hydrogens is 286 g/mol. The molecule has 0 saturated heterocycles. The molecule has 0 aromatic rings. The fraction of sp³-hybridized carbons (Fsp3) is 0.750. The number of rotatable bonds is 8. The van der Waals surface area contributed by atoms with Crippen LogP contribution in [0.3, 0.4) is 0 Å². The molecule has 0 bridgehead atoms. The molecule has 20 heavy (non-hydrogen) atoms. The molecule has 1 N–H and O–H groups in total. The molecule has 7 nitrogen and oxygen atoms in total. The van der Waals surface area contributed by atoms with E-state index in [4.69, 9.17) is 0 Å². The second-order valence-corrected chi connectivity index (χ2v) is 6.80. The molecule has 8 heteroatoms. The van der Waals surface area contributed by atoms with Crippen LogP contribution in [0.5, 0.6) is 0 Å². The number of Topliss-reactive ketones (excluding diaryl/α,β-unsaturated/α-hetero) is 1. The van der Waals surface area contributed by atoms with Crippen molar-refractivity contribution in [3.63, 3.8) is 0 Å². The van der Waals surface area contributed by atoms with Gasteiger partial charge in [0.1, 0.15) is 11.5 Å². The van der Waals surface area contributed by atoms with Crippen LogP contribution in [0.4, 0.5) is 0 Å². The third kappa shape index (κ3) is 7.22. The van der Waals surface area contributed by atoms with Gasteiger partial charge in [-0.15, -0.1) is 0 Å². The molecule has 0 spiro atoms. The lowest BCUT2D eigenvalue weighted by Gasteiger charge is -2.19. The zero-order chi connectivity index (χ0) is 15.9. The molecule has 0 saturated carbocycles. The van der Waals surface area contributed by atoms with Crippen molar-refractivity contribution in [1.82, 2.24) is 5.32 Å². The van der Waals surface area contributed by atoms with E-state index in [1.165, 1.54) is 6.92 Å². The first kappa shape index (κ1) is 18.6. The Labute approximate surface area is 119 Å². The van der Waals surface area contributed by atoms with E-state index >= 15 is 0 Å². The summed E-state index contributed by atoms with van der Waals surface area (Å²) in [4.78, 5) is 34.0. The smallest absolute Gasteiger partial charge is 0.321 e. The molecule has 1 unspecified atom stereocenters. The van der Waals surface area contributed by atoms with Crippen molar-refractivity contribution in [2.45, 2.75) is 33.7 Å². The predicted octanol–water partition coefficient (Wildman–Crippen LogP) is -0.306. The number of ether oxygens (including phenoxy) is 1. The highest BCUT2D eigenvalue weighted by Crippen LogP contribution is 2.03. The quantitative estimate of drug-likeness (QED) is 0.617. The van der Waals surface area contributed by atoms with Crippen LogP contribution in [0.1, 0.15) is 27.7 Å². The highest BCUT2D eigenvalue weighted by Gasteiger charge is 2.25. The molecule has 1 amide bonds. The van der Waals surface area contributed by atoms with E-state index in [2.05, 4.69) is 10.1 Å². The Morgan fingerprint density at radius 3 is 2.10 bits per heavy atom. The third-order valence-corrected chi connectivity index (χ3v) is 3.79. The average molecular weight is 307 g/mol. The predicted molar refractivity (Wildman–Crippen MR) is 72.7 cm³/mol. The average Bonchev–Trinajstić information content (AvgIpc) is 2.23. The molecule has 0 aromatic heterocycles. The summed E-state index contributed by atoms with van der Waals surface area (Å²) in [6.07, 6.45) is 0. The van der Waals surface area contributed by atoms with Crippen LogP contribution in [0.15, 0.2) is 0 Å². The van der Waals surface area contributed by atoms with Gasteiger partial charge in [0, 0.05) is 0 Å². The van der Waals surface area contributed by atoms with E-state index in [-0.39, 0.29) is 18.3 Å². The lowest BCUT2D eigenvalue weighted by atomic mass is 10.0. The number of hydrogen-bond donors (Lipinski definition) is 1. The lowest BCUT2D eigenvalue weighted by molar-refractivity contribution is -0.140. The van der Waals surface area contributed by atoms with Gasteiger partial charge in [0.2, 0.25) is 5.91 Å². The minimum atomic E-state index is -3.90. The number of carbonyl (C=O) groups is 3. The van der Waals surface area contributed by atoms with Gasteiger partial charge in [0.15, 0.2) is 15.6 Å². The van der Waals surface area contributed by atoms with Gasteiger partial charge in [-0.1, -0.05) is 13.8 Å². The Morgan fingerprint density at radius 1 is 1.15 bits per heavy atom. The van der Waals surface area contributed by atoms with E-state index in [1.54, 1.807) is 20.8 Å². The minimum Gasteiger partial charge on any atom is -0.465 e. The number of hydrogen-bond acceptors (Lipinski definition) is 6. The largest absolute Gasteiger partial charge is 0.465 e. The maximum Gasteiger partial charge on any atom is 0.321 e. The fourth-order valence-corrected chi connectivity index (χ4v) is 2.61. The highest BCUT2D eigenvalue weighted by atomic mass is 32.2. The van der Waals surface area contributed by atoms with Crippen LogP contribution < -0.4 is 5.32 Å².